The Morgan fingerprint density at radius 2 is 1.74 bits per heavy atom. The van der Waals surface area contributed by atoms with Crippen LogP contribution in [0.5, 0.6) is 5.75 Å². The Bertz CT molecular complexity index is 1220. The number of ether oxygens (including phenoxy) is 1. The van der Waals surface area contributed by atoms with E-state index in [4.69, 9.17) is 16.3 Å². The third-order valence-electron chi connectivity index (χ3n) is 5.39. The predicted molar refractivity (Wildman–Crippen MR) is 108 cm³/mol. The number of hydrogen-bond donors (Lipinski definition) is 0. The van der Waals surface area contributed by atoms with Crippen molar-refractivity contribution in [1.82, 2.24) is 0 Å². The molecule has 0 saturated carbocycles. The Labute approximate surface area is 180 Å². The lowest BCUT2D eigenvalue weighted by Gasteiger charge is -2.30. The average molecular weight is 489 g/mol. The quantitative estimate of drug-likeness (QED) is 0.232. The molecule has 0 unspecified atom stereocenters. The van der Waals surface area contributed by atoms with Crippen molar-refractivity contribution in [3.8, 4) is 16.9 Å². The van der Waals surface area contributed by atoms with Gasteiger partial charge in [-0.1, -0.05) is 29.8 Å². The minimum Gasteiger partial charge on any atom is -1.00 e. The first-order valence-corrected chi connectivity index (χ1v) is 8.94. The lowest BCUT2D eigenvalue weighted by molar-refractivity contribution is -0.617. The molecule has 1 aliphatic rings. The van der Waals surface area contributed by atoms with E-state index in [1.165, 1.54) is 33.3 Å². The highest BCUT2D eigenvalue weighted by Gasteiger charge is 2.30. The largest absolute Gasteiger partial charge is 1.00 e. The highest BCUT2D eigenvalue weighted by Crippen LogP contribution is 2.49. The van der Waals surface area contributed by atoms with E-state index >= 15 is 0 Å². The molecule has 5 heteroatoms. The molecule has 0 aliphatic carbocycles. The van der Waals surface area contributed by atoms with Gasteiger partial charge >= 0.3 is 0 Å². The van der Waals surface area contributed by atoms with Crippen molar-refractivity contribution < 1.29 is 33.3 Å². The van der Waals surface area contributed by atoms with Gasteiger partial charge in [-0.15, -0.1) is 0 Å². The lowest BCUT2D eigenvalue weighted by Crippen LogP contribution is -3.00. The fourth-order valence-corrected chi connectivity index (χ4v) is 4.32. The molecule has 5 rings (SSSR count). The van der Waals surface area contributed by atoms with Crippen molar-refractivity contribution >= 4 is 44.8 Å². The van der Waals surface area contributed by atoms with Gasteiger partial charge in [0.05, 0.1) is 29.6 Å². The van der Waals surface area contributed by atoms with Crippen LogP contribution in [0.15, 0.2) is 54.6 Å². The number of anilines is 2. The molecular formula is C22H18ClIN2O. The molecule has 0 fully saturated rings. The number of methoxy groups -OCH3 is 1. The van der Waals surface area contributed by atoms with Gasteiger partial charge in [0.1, 0.15) is 12.8 Å². The summed E-state index contributed by atoms with van der Waals surface area (Å²) in [6, 6.07) is 18.9. The van der Waals surface area contributed by atoms with E-state index in [0.29, 0.717) is 0 Å². The van der Waals surface area contributed by atoms with Crippen LogP contribution >= 0.6 is 11.6 Å². The molecular weight excluding hydrogens is 471 g/mol. The zero-order valence-electron chi connectivity index (χ0n) is 15.3. The van der Waals surface area contributed by atoms with Crippen LogP contribution in [-0.2, 0) is 7.05 Å². The number of pyridine rings is 1. The van der Waals surface area contributed by atoms with E-state index in [2.05, 4.69) is 66.0 Å². The van der Waals surface area contributed by atoms with Crippen LogP contribution in [0, 0.1) is 0 Å². The summed E-state index contributed by atoms with van der Waals surface area (Å²) in [7, 11) is 5.93. The number of aryl methyl sites for hydroxylation is 1. The first-order valence-electron chi connectivity index (χ1n) is 8.56. The number of benzene rings is 3. The van der Waals surface area contributed by atoms with E-state index in [9.17, 15) is 0 Å². The van der Waals surface area contributed by atoms with E-state index in [1.807, 2.05) is 12.1 Å². The number of hydrogen-bond acceptors (Lipinski definition) is 2. The molecule has 136 valence electrons. The molecule has 0 saturated heterocycles. The van der Waals surface area contributed by atoms with Gasteiger partial charge in [-0.05, 0) is 24.3 Å². The summed E-state index contributed by atoms with van der Waals surface area (Å²) in [5, 5.41) is 3.17. The normalized spacial score (nSPS) is 12.1. The highest BCUT2D eigenvalue weighted by molar-refractivity contribution is 6.31. The zero-order valence-corrected chi connectivity index (χ0v) is 18.2. The van der Waals surface area contributed by atoms with Crippen LogP contribution in [-0.4, -0.2) is 14.2 Å². The highest BCUT2D eigenvalue weighted by atomic mass is 127. The maximum atomic E-state index is 6.31. The topological polar surface area (TPSA) is 16.4 Å². The van der Waals surface area contributed by atoms with Gasteiger partial charge in [-0.25, -0.2) is 0 Å². The van der Waals surface area contributed by atoms with E-state index in [0.717, 1.165) is 21.8 Å². The first kappa shape index (κ1) is 18.3. The van der Waals surface area contributed by atoms with Crippen LogP contribution in [0.25, 0.3) is 32.9 Å². The molecule has 1 aliphatic heterocycles. The maximum Gasteiger partial charge on any atom is 0.219 e. The smallest absolute Gasteiger partial charge is 0.219 e. The zero-order chi connectivity index (χ0) is 18.0. The number of aromatic nitrogens is 1. The molecule has 0 bridgehead atoms. The summed E-state index contributed by atoms with van der Waals surface area (Å²) >= 11 is 6.31. The second kappa shape index (κ2) is 6.53. The number of rotatable bonds is 1. The monoisotopic (exact) mass is 488 g/mol. The Hall–Kier alpha value is -2.05. The summed E-state index contributed by atoms with van der Waals surface area (Å²) in [5.74, 6) is 0.856. The number of para-hydroxylation sites is 1. The Kier molecular flexibility index (Phi) is 4.43. The molecule has 2 heterocycles. The van der Waals surface area contributed by atoms with Gasteiger partial charge in [0.25, 0.3) is 0 Å². The van der Waals surface area contributed by atoms with Crippen molar-refractivity contribution in [2.75, 3.05) is 19.1 Å². The SMILES string of the molecule is COc1cc2c3c(c4ccc(Cl)cc4[n+](C)c3c1)N(C)c1ccccc1-2.[I-]. The second-order valence-corrected chi connectivity index (χ2v) is 7.15. The summed E-state index contributed by atoms with van der Waals surface area (Å²) in [5.41, 5.74) is 7.06. The Morgan fingerprint density at radius 1 is 0.963 bits per heavy atom. The fraction of sp³-hybridized carbons (Fsp3) is 0.136. The van der Waals surface area contributed by atoms with Gasteiger partial charge < -0.3 is 33.6 Å². The van der Waals surface area contributed by atoms with Gasteiger partial charge in [-0.2, -0.15) is 4.57 Å². The minimum atomic E-state index is 0. The van der Waals surface area contributed by atoms with Gasteiger partial charge in [0.15, 0.2) is 0 Å². The molecule has 0 N–H and O–H groups in total. The van der Waals surface area contributed by atoms with Crippen LogP contribution in [0.1, 0.15) is 0 Å². The first-order chi connectivity index (χ1) is 12.6. The number of nitrogens with zero attached hydrogens (tertiary/aromatic N) is 2. The van der Waals surface area contributed by atoms with E-state index in [-0.39, 0.29) is 24.0 Å². The van der Waals surface area contributed by atoms with Crippen molar-refractivity contribution in [3.05, 3.63) is 59.6 Å². The molecule has 1 aromatic heterocycles. The van der Waals surface area contributed by atoms with Crippen LogP contribution < -0.4 is 38.2 Å². The summed E-state index contributed by atoms with van der Waals surface area (Å²) in [6.45, 7) is 0. The van der Waals surface area contributed by atoms with Crippen LogP contribution in [0.4, 0.5) is 11.4 Å². The second-order valence-electron chi connectivity index (χ2n) is 6.71. The molecule has 27 heavy (non-hydrogen) atoms. The standard InChI is InChI=1S/C22H18ClN2O.HI/c1-24-19-10-13(23)8-9-16(19)22-21-17(11-14(26-3)12-20(21)24)15-6-4-5-7-18(15)25(22)2;/h4-12H,1-3H3;1H/q+1;/p-1. The third kappa shape index (κ3) is 2.50. The number of halogens is 2. The molecule has 0 amide bonds. The van der Waals surface area contributed by atoms with E-state index in [1.54, 1.807) is 7.11 Å². The Balaban J connectivity index is 0.00000180. The average Bonchev–Trinajstić information content (AvgIpc) is 2.67. The van der Waals surface area contributed by atoms with Crippen molar-refractivity contribution in [1.29, 1.82) is 0 Å². The Morgan fingerprint density at radius 3 is 2.52 bits per heavy atom. The third-order valence-corrected chi connectivity index (χ3v) is 5.63. The van der Waals surface area contributed by atoms with Gasteiger partial charge in [-0.3, -0.25) is 0 Å². The lowest BCUT2D eigenvalue weighted by atomic mass is 9.91. The van der Waals surface area contributed by atoms with Crippen molar-refractivity contribution in [2.24, 2.45) is 7.05 Å². The summed E-state index contributed by atoms with van der Waals surface area (Å²) < 4.78 is 7.81. The molecule has 3 aromatic carbocycles. The van der Waals surface area contributed by atoms with E-state index < -0.39 is 0 Å². The van der Waals surface area contributed by atoms with Crippen molar-refractivity contribution in [2.45, 2.75) is 0 Å². The molecule has 3 nitrogen and oxygen atoms in total. The maximum absolute atomic E-state index is 6.31. The summed E-state index contributed by atoms with van der Waals surface area (Å²) in [4.78, 5) is 2.29. The molecule has 0 radical (unpaired) electrons. The van der Waals surface area contributed by atoms with Crippen molar-refractivity contribution in [3.63, 3.8) is 0 Å². The molecule has 0 spiro atoms. The summed E-state index contributed by atoms with van der Waals surface area (Å²) in [6.07, 6.45) is 0. The minimum absolute atomic E-state index is 0. The fourth-order valence-electron chi connectivity index (χ4n) is 4.15. The van der Waals surface area contributed by atoms with Gasteiger partial charge in [0.2, 0.25) is 11.0 Å². The number of fused-ring (bicyclic) bond motifs is 4. The van der Waals surface area contributed by atoms with Gasteiger partial charge in [0, 0.05) is 35.0 Å². The predicted octanol–water partition coefficient (Wildman–Crippen LogP) is 2.23. The van der Waals surface area contributed by atoms with Crippen LogP contribution in [0.2, 0.25) is 5.02 Å². The molecule has 0 atom stereocenters. The van der Waals surface area contributed by atoms with Crippen LogP contribution in [0.3, 0.4) is 0 Å². The molecule has 4 aromatic rings.